The Labute approximate surface area is 198 Å². The van der Waals surface area contributed by atoms with Gasteiger partial charge in [0.25, 0.3) is 5.91 Å². The van der Waals surface area contributed by atoms with E-state index < -0.39 is 16.8 Å². The van der Waals surface area contributed by atoms with Crippen LogP contribution < -0.4 is 20.7 Å². The molecule has 1 aromatic heterocycles. The number of nitrogens with one attached hydrogen (secondary N) is 3. The zero-order chi connectivity index (χ0) is 24.2. The van der Waals surface area contributed by atoms with Gasteiger partial charge in [0.15, 0.2) is 5.11 Å². The number of aryl methyl sites for hydroxylation is 1. The van der Waals surface area contributed by atoms with Crippen molar-refractivity contribution in [1.82, 2.24) is 10.3 Å². The van der Waals surface area contributed by atoms with E-state index in [4.69, 9.17) is 28.6 Å². The lowest BCUT2D eigenvalue weighted by molar-refractivity contribution is -0.137. The summed E-state index contributed by atoms with van der Waals surface area (Å²) in [5, 5.41) is 7.86. The van der Waals surface area contributed by atoms with Gasteiger partial charge in [0, 0.05) is 30.7 Å². The summed E-state index contributed by atoms with van der Waals surface area (Å²) in [5.41, 5.74) is 0.809. The Bertz CT molecular complexity index is 1200. The highest BCUT2D eigenvalue weighted by atomic mass is 35.5. The molecule has 3 N–H and O–H groups in total. The summed E-state index contributed by atoms with van der Waals surface area (Å²) < 4.78 is 44.9. The van der Waals surface area contributed by atoms with E-state index >= 15 is 0 Å². The van der Waals surface area contributed by atoms with Crippen molar-refractivity contribution in [3.63, 3.8) is 0 Å². The van der Waals surface area contributed by atoms with E-state index in [0.717, 1.165) is 17.7 Å². The Morgan fingerprint density at radius 3 is 2.45 bits per heavy atom. The number of hydrogen-bond donors (Lipinski definition) is 3. The molecule has 1 heterocycles. The number of nitrogens with zero attached hydrogens (tertiary/aromatic N) is 1. The molecule has 0 fully saturated rings. The summed E-state index contributed by atoms with van der Waals surface area (Å²) >= 11 is 10.9. The van der Waals surface area contributed by atoms with Gasteiger partial charge in [-0.05, 0) is 67.2 Å². The SMILES string of the molecule is CNC(=O)c1cc(Oc2ccc(NC(=S)Nc3ccc(Cl)c(C(F)(F)F)c3)c(C)c2)ccn1. The summed E-state index contributed by atoms with van der Waals surface area (Å²) in [6.07, 6.45) is -3.11. The van der Waals surface area contributed by atoms with Crippen LogP contribution in [0.4, 0.5) is 24.5 Å². The lowest BCUT2D eigenvalue weighted by Gasteiger charge is -2.15. The number of aromatic nitrogens is 1. The van der Waals surface area contributed by atoms with E-state index in [1.54, 1.807) is 24.3 Å². The van der Waals surface area contributed by atoms with E-state index in [9.17, 15) is 18.0 Å². The van der Waals surface area contributed by atoms with Crippen LogP contribution in [0.15, 0.2) is 54.7 Å². The molecule has 0 aliphatic rings. The van der Waals surface area contributed by atoms with Crippen molar-refractivity contribution in [3.8, 4) is 11.5 Å². The maximum atomic E-state index is 13.0. The Balaban J connectivity index is 1.68. The number of carbonyl (C=O) groups excluding carboxylic acids is 1. The first-order valence-corrected chi connectivity index (χ1v) is 10.3. The Morgan fingerprint density at radius 1 is 1.06 bits per heavy atom. The van der Waals surface area contributed by atoms with Gasteiger partial charge >= 0.3 is 6.18 Å². The van der Waals surface area contributed by atoms with Crippen LogP contribution in [-0.2, 0) is 6.18 Å². The van der Waals surface area contributed by atoms with E-state index in [0.29, 0.717) is 17.2 Å². The van der Waals surface area contributed by atoms with Gasteiger partial charge < -0.3 is 20.7 Å². The second-order valence-electron chi connectivity index (χ2n) is 6.81. The van der Waals surface area contributed by atoms with Gasteiger partial charge in [-0.25, -0.2) is 0 Å². The summed E-state index contributed by atoms with van der Waals surface area (Å²) in [7, 11) is 1.51. The van der Waals surface area contributed by atoms with Gasteiger partial charge in [0.1, 0.15) is 17.2 Å². The topological polar surface area (TPSA) is 75.3 Å². The Hall–Kier alpha value is -3.37. The number of hydrogen-bond acceptors (Lipinski definition) is 4. The van der Waals surface area contributed by atoms with Crippen LogP contribution in [0.3, 0.4) is 0 Å². The molecule has 1 amide bonds. The van der Waals surface area contributed by atoms with Crippen LogP contribution in [0.1, 0.15) is 21.6 Å². The first-order chi connectivity index (χ1) is 15.6. The highest BCUT2D eigenvalue weighted by Gasteiger charge is 2.33. The lowest BCUT2D eigenvalue weighted by Crippen LogP contribution is -2.20. The maximum absolute atomic E-state index is 13.0. The number of thiocarbonyl (C=S) groups is 1. The summed E-state index contributed by atoms with van der Waals surface area (Å²) in [6.45, 7) is 1.81. The Kier molecular flexibility index (Phi) is 7.39. The van der Waals surface area contributed by atoms with Gasteiger partial charge in [-0.1, -0.05) is 11.6 Å². The van der Waals surface area contributed by atoms with E-state index in [2.05, 4.69) is 20.9 Å². The number of alkyl halides is 3. The molecule has 172 valence electrons. The average Bonchev–Trinajstić information content (AvgIpc) is 2.76. The van der Waals surface area contributed by atoms with Crippen LogP contribution in [-0.4, -0.2) is 23.1 Å². The van der Waals surface area contributed by atoms with Gasteiger partial charge in [-0.2, -0.15) is 13.2 Å². The largest absolute Gasteiger partial charge is 0.457 e. The molecule has 11 heteroatoms. The fourth-order valence-corrected chi connectivity index (χ4v) is 3.26. The second-order valence-corrected chi connectivity index (χ2v) is 7.62. The first-order valence-electron chi connectivity index (χ1n) is 9.48. The highest BCUT2D eigenvalue weighted by molar-refractivity contribution is 7.80. The normalized spacial score (nSPS) is 11.0. The molecule has 33 heavy (non-hydrogen) atoms. The molecule has 3 aromatic rings. The quantitative estimate of drug-likeness (QED) is 0.376. The van der Waals surface area contributed by atoms with Crippen molar-refractivity contribution in [2.45, 2.75) is 13.1 Å². The van der Waals surface area contributed by atoms with Crippen LogP contribution in [0.5, 0.6) is 11.5 Å². The molecule has 0 aliphatic heterocycles. The lowest BCUT2D eigenvalue weighted by atomic mass is 10.2. The van der Waals surface area contributed by atoms with E-state index in [-0.39, 0.29) is 22.4 Å². The molecule has 0 radical (unpaired) electrons. The van der Waals surface area contributed by atoms with Crippen LogP contribution in [0, 0.1) is 6.92 Å². The standard InChI is InChI=1S/C22H18ClF3N4O2S/c1-12-9-14(32-15-7-8-28-19(11-15)20(31)27-2)4-6-18(12)30-21(33)29-13-3-5-17(23)16(10-13)22(24,25)26/h3-11H,1-2H3,(H,27,31)(H2,29,30,33). The summed E-state index contributed by atoms with van der Waals surface area (Å²) in [6, 6.07) is 11.7. The van der Waals surface area contributed by atoms with Crippen molar-refractivity contribution in [3.05, 3.63) is 76.6 Å². The van der Waals surface area contributed by atoms with Crippen molar-refractivity contribution in [2.75, 3.05) is 17.7 Å². The molecule has 0 spiro atoms. The monoisotopic (exact) mass is 494 g/mol. The fourth-order valence-electron chi connectivity index (χ4n) is 2.81. The third-order valence-corrected chi connectivity index (χ3v) is 4.94. The highest BCUT2D eigenvalue weighted by Crippen LogP contribution is 2.36. The average molecular weight is 495 g/mol. The number of pyridine rings is 1. The van der Waals surface area contributed by atoms with Crippen LogP contribution in [0.2, 0.25) is 5.02 Å². The van der Waals surface area contributed by atoms with Crippen molar-refractivity contribution < 1.29 is 22.7 Å². The minimum atomic E-state index is -4.58. The minimum absolute atomic E-state index is 0.103. The van der Waals surface area contributed by atoms with Gasteiger partial charge in [0.05, 0.1) is 10.6 Å². The number of rotatable bonds is 5. The zero-order valence-corrected chi connectivity index (χ0v) is 19.0. The molecule has 0 saturated heterocycles. The van der Waals surface area contributed by atoms with Crippen LogP contribution in [0.25, 0.3) is 0 Å². The third kappa shape index (κ3) is 6.33. The summed E-state index contributed by atoms with van der Waals surface area (Å²) in [4.78, 5) is 15.7. The Morgan fingerprint density at radius 2 is 1.79 bits per heavy atom. The molecule has 6 nitrogen and oxygen atoms in total. The molecule has 2 aromatic carbocycles. The molecule has 0 bridgehead atoms. The molecular formula is C22H18ClF3N4O2S. The molecule has 0 unspecified atom stereocenters. The summed E-state index contributed by atoms with van der Waals surface area (Å²) in [5.74, 6) is 0.614. The smallest absolute Gasteiger partial charge is 0.417 e. The van der Waals surface area contributed by atoms with Crippen molar-refractivity contribution in [2.24, 2.45) is 0 Å². The van der Waals surface area contributed by atoms with Crippen molar-refractivity contribution in [1.29, 1.82) is 0 Å². The first kappa shape index (κ1) is 24.3. The number of anilines is 2. The predicted molar refractivity (Wildman–Crippen MR) is 125 cm³/mol. The van der Waals surface area contributed by atoms with Gasteiger partial charge in [-0.15, -0.1) is 0 Å². The van der Waals surface area contributed by atoms with E-state index in [1.807, 2.05) is 6.92 Å². The number of halogens is 4. The molecule has 0 aliphatic carbocycles. The molecule has 3 rings (SSSR count). The molecule has 0 saturated carbocycles. The number of ether oxygens (including phenoxy) is 1. The minimum Gasteiger partial charge on any atom is -0.457 e. The second kappa shape index (κ2) is 10.1. The van der Waals surface area contributed by atoms with Crippen LogP contribution >= 0.6 is 23.8 Å². The molecular weight excluding hydrogens is 477 g/mol. The zero-order valence-electron chi connectivity index (χ0n) is 17.4. The predicted octanol–water partition coefficient (Wildman–Crippen LogP) is 6.02. The van der Waals surface area contributed by atoms with E-state index in [1.165, 1.54) is 25.4 Å². The number of benzene rings is 2. The fraction of sp³-hybridized carbons (Fsp3) is 0.136. The number of carbonyl (C=O) groups is 1. The number of amides is 1. The molecule has 0 atom stereocenters. The third-order valence-electron chi connectivity index (χ3n) is 4.40. The van der Waals surface area contributed by atoms with Crippen molar-refractivity contribution >= 4 is 46.2 Å². The van der Waals surface area contributed by atoms with Gasteiger partial charge in [0.2, 0.25) is 0 Å². The van der Waals surface area contributed by atoms with Gasteiger partial charge in [-0.3, -0.25) is 9.78 Å². The maximum Gasteiger partial charge on any atom is 0.417 e.